The fraction of sp³-hybridized carbons (Fsp3) is 0.355. The molecule has 1 amide bonds. The SMILES string of the molecule is CN1C(=O)c2cccc(C3CC3)c2[C@H]2C[C@@H]1c1nc3ccc(-c4ccc(P5(=O)CCNCC5)c(F)c4)cc3n12. The van der Waals surface area contributed by atoms with Crippen LogP contribution in [0.4, 0.5) is 4.39 Å². The van der Waals surface area contributed by atoms with Crippen molar-refractivity contribution in [3.63, 3.8) is 0 Å². The molecule has 1 saturated carbocycles. The maximum absolute atomic E-state index is 15.4. The first-order valence-electron chi connectivity index (χ1n) is 13.9. The molecule has 2 atom stereocenters. The van der Waals surface area contributed by atoms with Crippen LogP contribution in [0, 0.1) is 5.82 Å². The van der Waals surface area contributed by atoms with Crippen molar-refractivity contribution in [3.8, 4) is 11.1 Å². The van der Waals surface area contributed by atoms with Crippen LogP contribution in [0.3, 0.4) is 0 Å². The molecule has 3 aromatic carbocycles. The maximum atomic E-state index is 15.4. The van der Waals surface area contributed by atoms with Gasteiger partial charge >= 0.3 is 0 Å². The Labute approximate surface area is 226 Å². The number of imidazole rings is 1. The lowest BCUT2D eigenvalue weighted by molar-refractivity contribution is 0.0734. The number of nitrogens with zero attached hydrogens (tertiary/aromatic N) is 3. The number of rotatable bonds is 3. The summed E-state index contributed by atoms with van der Waals surface area (Å²) in [6.07, 6.45) is 4.16. The highest BCUT2D eigenvalue weighted by Crippen LogP contribution is 2.52. The highest BCUT2D eigenvalue weighted by atomic mass is 31.2. The first kappa shape index (κ1) is 23.6. The molecule has 1 aliphatic carbocycles. The third-order valence-electron chi connectivity index (χ3n) is 9.30. The summed E-state index contributed by atoms with van der Waals surface area (Å²) in [5.74, 6) is 1.14. The van der Waals surface area contributed by atoms with E-state index in [1.807, 2.05) is 42.3 Å². The molecule has 6 nitrogen and oxygen atoms in total. The molecule has 4 aliphatic rings. The topological polar surface area (TPSA) is 67.2 Å². The second-order valence-corrected chi connectivity index (χ2v) is 14.7. The summed E-state index contributed by atoms with van der Waals surface area (Å²) in [6.45, 7) is 1.33. The average Bonchev–Trinajstić information content (AvgIpc) is 3.65. The third kappa shape index (κ3) is 3.46. The van der Waals surface area contributed by atoms with E-state index >= 15 is 4.39 Å². The Morgan fingerprint density at radius 3 is 2.54 bits per heavy atom. The van der Waals surface area contributed by atoms with Gasteiger partial charge in [-0.3, -0.25) is 4.79 Å². The number of amides is 1. The highest BCUT2D eigenvalue weighted by Gasteiger charge is 2.45. The van der Waals surface area contributed by atoms with Gasteiger partial charge < -0.3 is 19.3 Å². The second kappa shape index (κ2) is 8.36. The summed E-state index contributed by atoms with van der Waals surface area (Å²) in [5, 5.41) is 3.60. The Morgan fingerprint density at radius 1 is 1.00 bits per heavy atom. The number of halogens is 1. The highest BCUT2D eigenvalue weighted by molar-refractivity contribution is 7.71. The van der Waals surface area contributed by atoms with Crippen LogP contribution >= 0.6 is 7.14 Å². The normalized spacial score (nSPS) is 23.5. The Morgan fingerprint density at radius 2 is 1.77 bits per heavy atom. The van der Waals surface area contributed by atoms with Gasteiger partial charge in [0, 0.05) is 49.7 Å². The first-order chi connectivity index (χ1) is 18.9. The fourth-order valence-corrected chi connectivity index (χ4v) is 9.64. The fourth-order valence-electron chi connectivity index (χ4n) is 7.09. The standard InChI is InChI=1S/C31H30FN4O2P/c1-35-27-17-26(29-21(18-5-6-18)3-2-4-22(29)31(35)37)36-25-16-20(7-9-24(25)34-30(27)36)19-8-10-28(23(32)15-19)39(38)13-11-33-12-14-39/h2-4,7-10,15-16,18,26-27,33H,5-6,11-14,17H2,1H3/t26-,27-/m1/s1. The molecule has 0 radical (unpaired) electrons. The Balaban J connectivity index is 1.26. The number of nitrogens with one attached hydrogen (secondary N) is 1. The van der Waals surface area contributed by atoms with E-state index in [-0.39, 0.29) is 23.8 Å². The largest absolute Gasteiger partial charge is 0.331 e. The summed E-state index contributed by atoms with van der Waals surface area (Å²) < 4.78 is 31.1. The monoisotopic (exact) mass is 540 g/mol. The molecule has 4 aromatic rings. The minimum Gasteiger partial charge on any atom is -0.331 e. The van der Waals surface area contributed by atoms with Gasteiger partial charge in [-0.05, 0) is 71.3 Å². The van der Waals surface area contributed by atoms with Crippen LogP contribution in [-0.2, 0) is 4.57 Å². The van der Waals surface area contributed by atoms with E-state index < -0.39 is 7.14 Å². The molecule has 1 aromatic heterocycles. The molecule has 1 N–H and O–H groups in total. The van der Waals surface area contributed by atoms with Crippen LogP contribution in [0.2, 0.25) is 0 Å². The maximum Gasteiger partial charge on any atom is 0.254 e. The average molecular weight is 541 g/mol. The quantitative estimate of drug-likeness (QED) is 0.352. The van der Waals surface area contributed by atoms with Crippen LogP contribution < -0.4 is 10.6 Å². The van der Waals surface area contributed by atoms with Crippen molar-refractivity contribution >= 4 is 29.4 Å². The first-order valence-corrected chi connectivity index (χ1v) is 16.0. The van der Waals surface area contributed by atoms with Crippen molar-refractivity contribution in [2.45, 2.75) is 37.3 Å². The lowest BCUT2D eigenvalue weighted by atomic mass is 9.91. The third-order valence-corrected chi connectivity index (χ3v) is 12.4. The molecule has 198 valence electrons. The molecule has 4 heterocycles. The number of aromatic nitrogens is 2. The van der Waals surface area contributed by atoms with Crippen LogP contribution in [-0.4, -0.2) is 52.8 Å². The van der Waals surface area contributed by atoms with Gasteiger partial charge in [0.1, 0.15) is 18.8 Å². The summed E-state index contributed by atoms with van der Waals surface area (Å²) in [4.78, 5) is 20.4. The molecule has 8 heteroatoms. The summed E-state index contributed by atoms with van der Waals surface area (Å²) in [6, 6.07) is 17.4. The molecule has 8 rings (SSSR count). The van der Waals surface area contributed by atoms with Crippen molar-refractivity contribution < 1.29 is 13.8 Å². The van der Waals surface area contributed by atoms with Gasteiger partial charge in [-0.2, -0.15) is 0 Å². The Kier molecular flexibility index (Phi) is 5.06. The van der Waals surface area contributed by atoms with Crippen LogP contribution in [0.1, 0.15) is 64.6 Å². The van der Waals surface area contributed by atoms with E-state index in [4.69, 9.17) is 4.98 Å². The zero-order valence-corrected chi connectivity index (χ0v) is 22.8. The van der Waals surface area contributed by atoms with E-state index in [9.17, 15) is 9.36 Å². The van der Waals surface area contributed by atoms with Crippen molar-refractivity contribution in [1.82, 2.24) is 19.8 Å². The smallest absolute Gasteiger partial charge is 0.254 e. The molecule has 2 fully saturated rings. The molecule has 39 heavy (non-hydrogen) atoms. The van der Waals surface area contributed by atoms with Gasteiger partial charge in [0.25, 0.3) is 5.91 Å². The zero-order valence-electron chi connectivity index (χ0n) is 21.9. The Hall–Kier alpha value is -3.28. The number of fused-ring (bicyclic) bond motifs is 9. The van der Waals surface area contributed by atoms with Crippen LogP contribution in [0.25, 0.3) is 22.2 Å². The van der Waals surface area contributed by atoms with Crippen LogP contribution in [0.5, 0.6) is 0 Å². The number of hydrogen-bond acceptors (Lipinski definition) is 4. The van der Waals surface area contributed by atoms with Gasteiger partial charge in [-0.1, -0.05) is 24.3 Å². The summed E-state index contributed by atoms with van der Waals surface area (Å²) in [7, 11) is -0.815. The van der Waals surface area contributed by atoms with Crippen molar-refractivity contribution in [2.75, 3.05) is 32.5 Å². The molecule has 3 aliphatic heterocycles. The number of hydrogen-bond donors (Lipinski definition) is 1. The molecule has 2 bridgehead atoms. The minimum absolute atomic E-state index is 0.0371. The van der Waals surface area contributed by atoms with E-state index in [2.05, 4.69) is 22.0 Å². The van der Waals surface area contributed by atoms with Gasteiger partial charge in [-0.15, -0.1) is 0 Å². The minimum atomic E-state index is -2.71. The zero-order chi connectivity index (χ0) is 26.5. The number of carbonyl (C=O) groups excluding carboxylic acids is 1. The summed E-state index contributed by atoms with van der Waals surface area (Å²) >= 11 is 0. The molecular formula is C31H30FN4O2P. The molecular weight excluding hydrogens is 510 g/mol. The number of carbonyl (C=O) groups is 1. The number of benzene rings is 3. The summed E-state index contributed by atoms with van der Waals surface area (Å²) in [5.41, 5.74) is 6.82. The molecule has 1 saturated heterocycles. The predicted molar refractivity (Wildman–Crippen MR) is 151 cm³/mol. The molecule has 0 spiro atoms. The van der Waals surface area contributed by atoms with E-state index in [0.717, 1.165) is 45.5 Å². The van der Waals surface area contributed by atoms with Gasteiger partial charge in [0.05, 0.1) is 23.1 Å². The van der Waals surface area contributed by atoms with Gasteiger partial charge in [-0.25, -0.2) is 9.37 Å². The van der Waals surface area contributed by atoms with Gasteiger partial charge in [0.2, 0.25) is 0 Å². The molecule has 0 unspecified atom stereocenters. The van der Waals surface area contributed by atoms with Crippen molar-refractivity contribution in [3.05, 3.63) is 82.9 Å². The second-order valence-electron chi connectivity index (χ2n) is 11.6. The lowest BCUT2D eigenvalue weighted by Gasteiger charge is -2.25. The predicted octanol–water partition coefficient (Wildman–Crippen LogP) is 5.43. The van der Waals surface area contributed by atoms with E-state index in [1.165, 1.54) is 24.5 Å². The van der Waals surface area contributed by atoms with Gasteiger partial charge in [0.15, 0.2) is 0 Å². The van der Waals surface area contributed by atoms with Crippen molar-refractivity contribution in [1.29, 1.82) is 0 Å². The lowest BCUT2D eigenvalue weighted by Crippen LogP contribution is -2.33. The van der Waals surface area contributed by atoms with E-state index in [1.54, 1.807) is 6.07 Å². The van der Waals surface area contributed by atoms with Crippen LogP contribution in [0.15, 0.2) is 54.6 Å². The Bertz CT molecular complexity index is 1730. The van der Waals surface area contributed by atoms with E-state index in [0.29, 0.717) is 36.6 Å². The van der Waals surface area contributed by atoms with Crippen molar-refractivity contribution in [2.24, 2.45) is 0 Å².